The minimum absolute atomic E-state index is 0.0756. The van der Waals surface area contributed by atoms with Crippen molar-refractivity contribution in [3.8, 4) is 0 Å². The molecule has 7 heteroatoms. The molecule has 1 saturated heterocycles. The van der Waals surface area contributed by atoms with Gasteiger partial charge in [-0.05, 0) is 60.1 Å². The number of fused-ring (bicyclic) bond motifs is 1. The van der Waals surface area contributed by atoms with Crippen molar-refractivity contribution in [2.75, 3.05) is 13.1 Å². The maximum absolute atomic E-state index is 11.9. The molecule has 4 rings (SSSR count). The van der Waals surface area contributed by atoms with Crippen molar-refractivity contribution in [1.82, 2.24) is 4.90 Å². The normalized spacial score (nSPS) is 29.6. The van der Waals surface area contributed by atoms with Crippen LogP contribution in [0.25, 0.3) is 0 Å². The second-order valence-electron chi connectivity index (χ2n) is 7.95. The molecule has 1 aliphatic heterocycles. The quantitative estimate of drug-likeness (QED) is 0.691. The van der Waals surface area contributed by atoms with Crippen LogP contribution in [-0.2, 0) is 0 Å². The first kappa shape index (κ1) is 19.8. The molecule has 0 aromatic heterocycles. The molecule has 0 bridgehead atoms. The second-order valence-corrected chi connectivity index (χ2v) is 9.23. The highest BCUT2D eigenvalue weighted by Gasteiger charge is 2.53. The molecule has 1 saturated carbocycles. The first-order valence-electron chi connectivity index (χ1n) is 9.32. The number of likely N-dealkylation sites (tertiary alicyclic amines) is 1. The molecule has 2 aromatic carbocycles. The molecule has 1 heterocycles. The molecule has 0 spiro atoms. The van der Waals surface area contributed by atoms with Gasteiger partial charge in [0.05, 0.1) is 0 Å². The van der Waals surface area contributed by atoms with Crippen LogP contribution in [0.5, 0.6) is 0 Å². The number of hydrogen-bond donors (Lipinski definition) is 2. The fourth-order valence-corrected chi connectivity index (χ4v) is 5.72. The second kappa shape index (κ2) is 7.42. The van der Waals surface area contributed by atoms with Gasteiger partial charge in [-0.1, -0.05) is 53.0 Å². The first-order chi connectivity index (χ1) is 13.3. The number of carbonyl (C=O) groups is 1. The summed E-state index contributed by atoms with van der Waals surface area (Å²) in [4.78, 5) is 13.5. The monoisotopic (exact) mass is 437 g/mol. The van der Waals surface area contributed by atoms with Crippen molar-refractivity contribution in [3.05, 3.63) is 68.7 Å². The zero-order valence-corrected chi connectivity index (χ0v) is 17.5. The Bertz CT molecular complexity index is 904. The lowest BCUT2D eigenvalue weighted by Gasteiger charge is -2.46. The van der Waals surface area contributed by atoms with Crippen LogP contribution in [0.1, 0.15) is 35.8 Å². The van der Waals surface area contributed by atoms with Gasteiger partial charge in [0.15, 0.2) is 0 Å². The predicted molar refractivity (Wildman–Crippen MR) is 114 cm³/mol. The van der Waals surface area contributed by atoms with Gasteiger partial charge in [-0.25, -0.2) is 4.79 Å². The molecule has 2 fully saturated rings. The van der Waals surface area contributed by atoms with E-state index in [1.54, 1.807) is 11.0 Å². The molecule has 2 amide bonds. The summed E-state index contributed by atoms with van der Waals surface area (Å²) in [5.74, 6) is 0.339. The minimum Gasteiger partial charge on any atom is -0.351 e. The van der Waals surface area contributed by atoms with Gasteiger partial charge in [0.1, 0.15) is 0 Å². The van der Waals surface area contributed by atoms with Gasteiger partial charge < -0.3 is 16.4 Å². The summed E-state index contributed by atoms with van der Waals surface area (Å²) in [6.07, 6.45) is 1.67. The number of halogens is 3. The van der Waals surface area contributed by atoms with Crippen molar-refractivity contribution < 1.29 is 4.79 Å². The number of hydrogen-bond acceptors (Lipinski definition) is 2. The first-order valence-corrected chi connectivity index (χ1v) is 10.5. The van der Waals surface area contributed by atoms with Gasteiger partial charge >= 0.3 is 6.03 Å². The third kappa shape index (κ3) is 3.48. The Balaban J connectivity index is 1.80. The Morgan fingerprint density at radius 2 is 1.75 bits per heavy atom. The van der Waals surface area contributed by atoms with Crippen LogP contribution >= 0.6 is 34.8 Å². The molecule has 4 atom stereocenters. The van der Waals surface area contributed by atoms with E-state index in [9.17, 15) is 4.79 Å². The molecular weight excluding hydrogens is 417 g/mol. The maximum Gasteiger partial charge on any atom is 0.314 e. The molecule has 0 radical (unpaired) electrons. The van der Waals surface area contributed by atoms with Crippen molar-refractivity contribution in [3.63, 3.8) is 0 Å². The van der Waals surface area contributed by atoms with E-state index in [-0.39, 0.29) is 17.8 Å². The lowest BCUT2D eigenvalue weighted by atomic mass is 9.60. The zero-order valence-electron chi connectivity index (χ0n) is 15.2. The number of nitrogens with zero attached hydrogens (tertiary/aromatic N) is 1. The van der Waals surface area contributed by atoms with E-state index in [1.807, 2.05) is 36.4 Å². The van der Waals surface area contributed by atoms with Crippen LogP contribution in [0.3, 0.4) is 0 Å². The van der Waals surface area contributed by atoms with E-state index in [2.05, 4.69) is 0 Å². The number of benzene rings is 2. The van der Waals surface area contributed by atoms with Crippen LogP contribution in [0, 0.1) is 5.92 Å². The SMILES string of the molecule is NC(=O)N1CC2C(c3ccc(Cl)cc3)C(c3ccc(Cl)cc3Cl)CCC2(N)C1. The molecule has 4 unspecified atom stereocenters. The number of amides is 2. The molecule has 2 aromatic rings. The highest BCUT2D eigenvalue weighted by atomic mass is 35.5. The Morgan fingerprint density at radius 3 is 2.39 bits per heavy atom. The van der Waals surface area contributed by atoms with E-state index in [1.165, 1.54) is 0 Å². The van der Waals surface area contributed by atoms with Crippen LogP contribution < -0.4 is 11.5 Å². The third-order valence-electron chi connectivity index (χ3n) is 6.36. The van der Waals surface area contributed by atoms with Crippen LogP contribution in [0.2, 0.25) is 15.1 Å². The van der Waals surface area contributed by atoms with E-state index < -0.39 is 11.6 Å². The average molecular weight is 439 g/mol. The molecule has 4 N–H and O–H groups in total. The summed E-state index contributed by atoms with van der Waals surface area (Å²) in [7, 11) is 0. The summed E-state index contributed by atoms with van der Waals surface area (Å²) in [6.45, 7) is 1.03. The molecule has 2 aliphatic rings. The number of carbonyl (C=O) groups excluding carboxylic acids is 1. The number of primary amides is 1. The van der Waals surface area contributed by atoms with Crippen molar-refractivity contribution in [2.24, 2.45) is 17.4 Å². The Labute approximate surface area is 179 Å². The van der Waals surface area contributed by atoms with Crippen LogP contribution in [0.15, 0.2) is 42.5 Å². The smallest absolute Gasteiger partial charge is 0.314 e. The highest BCUT2D eigenvalue weighted by molar-refractivity contribution is 6.35. The number of urea groups is 1. The zero-order chi connectivity index (χ0) is 20.1. The van der Waals surface area contributed by atoms with Gasteiger partial charge in [0.25, 0.3) is 0 Å². The summed E-state index contributed by atoms with van der Waals surface area (Å²) < 4.78 is 0. The van der Waals surface area contributed by atoms with Crippen molar-refractivity contribution in [2.45, 2.75) is 30.2 Å². The fourth-order valence-electron chi connectivity index (χ4n) is 5.04. The van der Waals surface area contributed by atoms with Crippen molar-refractivity contribution in [1.29, 1.82) is 0 Å². The van der Waals surface area contributed by atoms with E-state index in [0.717, 1.165) is 24.0 Å². The predicted octanol–water partition coefficient (Wildman–Crippen LogP) is 5.02. The van der Waals surface area contributed by atoms with Gasteiger partial charge in [-0.3, -0.25) is 0 Å². The lowest BCUT2D eigenvalue weighted by Crippen LogP contribution is -2.53. The molecule has 28 heavy (non-hydrogen) atoms. The lowest BCUT2D eigenvalue weighted by molar-refractivity contribution is 0.190. The van der Waals surface area contributed by atoms with Crippen LogP contribution in [-0.4, -0.2) is 29.6 Å². The Hall–Kier alpha value is -1.46. The Morgan fingerprint density at radius 1 is 1.07 bits per heavy atom. The van der Waals surface area contributed by atoms with Gasteiger partial charge in [0, 0.05) is 39.6 Å². The summed E-state index contributed by atoms with van der Waals surface area (Å²) in [5.41, 5.74) is 14.1. The van der Waals surface area contributed by atoms with Crippen LogP contribution in [0.4, 0.5) is 4.79 Å². The topological polar surface area (TPSA) is 72.4 Å². The fraction of sp³-hybridized carbons (Fsp3) is 0.381. The largest absolute Gasteiger partial charge is 0.351 e. The van der Waals surface area contributed by atoms with Gasteiger partial charge in [0.2, 0.25) is 0 Å². The third-order valence-corrected chi connectivity index (χ3v) is 7.17. The molecular formula is C21H22Cl3N3O. The molecule has 148 valence electrons. The summed E-state index contributed by atoms with van der Waals surface area (Å²) in [5, 5.41) is 1.96. The summed E-state index contributed by atoms with van der Waals surface area (Å²) >= 11 is 18.8. The summed E-state index contributed by atoms with van der Waals surface area (Å²) in [6, 6.07) is 13.1. The van der Waals surface area contributed by atoms with Gasteiger partial charge in [-0.2, -0.15) is 0 Å². The van der Waals surface area contributed by atoms with Crippen molar-refractivity contribution >= 4 is 40.8 Å². The maximum atomic E-state index is 11.9. The van der Waals surface area contributed by atoms with Gasteiger partial charge in [-0.15, -0.1) is 0 Å². The Kier molecular flexibility index (Phi) is 5.25. The van der Waals surface area contributed by atoms with E-state index in [0.29, 0.717) is 28.2 Å². The standard InChI is InChI=1S/C21H22Cl3N3O/c22-13-3-1-12(2-4-13)19-16(15-6-5-14(23)9-18(15)24)7-8-21(26)11-27(20(25)28)10-17(19)21/h1-6,9,16-17,19H,7-8,10-11,26H2,(H2,25,28). The highest BCUT2D eigenvalue weighted by Crippen LogP contribution is 2.54. The molecule has 4 nitrogen and oxygen atoms in total. The molecule has 1 aliphatic carbocycles. The van der Waals surface area contributed by atoms with E-state index in [4.69, 9.17) is 46.3 Å². The number of rotatable bonds is 2. The van der Waals surface area contributed by atoms with E-state index >= 15 is 0 Å². The average Bonchev–Trinajstić information content (AvgIpc) is 3.00. The number of nitrogens with two attached hydrogens (primary N) is 2. The minimum atomic E-state index is -0.464.